The van der Waals surface area contributed by atoms with Gasteiger partial charge in [-0.05, 0) is 54.5 Å². The first-order chi connectivity index (χ1) is 15.4. The average Bonchev–Trinajstić information content (AvgIpc) is 2.76. The van der Waals surface area contributed by atoms with E-state index in [2.05, 4.69) is 5.32 Å². The fourth-order valence-electron chi connectivity index (χ4n) is 3.33. The van der Waals surface area contributed by atoms with Gasteiger partial charge in [0.25, 0.3) is 11.8 Å². The van der Waals surface area contributed by atoms with Gasteiger partial charge in [-0.2, -0.15) is 0 Å². The summed E-state index contributed by atoms with van der Waals surface area (Å²) in [6, 6.07) is 18.9. The Morgan fingerprint density at radius 1 is 0.969 bits per heavy atom. The molecule has 32 heavy (non-hydrogen) atoms. The molecular weight excluding hydrogens is 411 g/mol. The van der Waals surface area contributed by atoms with Gasteiger partial charge in [0.15, 0.2) is 0 Å². The number of hydrogen-bond donors (Lipinski definition) is 1. The highest BCUT2D eigenvalue weighted by molar-refractivity contribution is 6.39. The number of benzene rings is 3. The fourth-order valence-corrected chi connectivity index (χ4v) is 3.33. The van der Waals surface area contributed by atoms with Gasteiger partial charge in [-0.1, -0.05) is 42.5 Å². The summed E-state index contributed by atoms with van der Waals surface area (Å²) in [5.74, 6) is -1.48. The van der Waals surface area contributed by atoms with Crippen LogP contribution in [0, 0.1) is 12.7 Å². The van der Waals surface area contributed by atoms with Crippen LogP contribution < -0.4 is 15.0 Å². The number of barbiturate groups is 1. The van der Waals surface area contributed by atoms with Crippen LogP contribution >= 0.6 is 0 Å². The zero-order valence-electron chi connectivity index (χ0n) is 17.2. The Morgan fingerprint density at radius 2 is 1.75 bits per heavy atom. The largest absolute Gasteiger partial charge is 0.488 e. The maximum atomic E-state index is 13.4. The molecule has 0 unspecified atom stereocenters. The Morgan fingerprint density at radius 3 is 2.53 bits per heavy atom. The number of hydrogen-bond acceptors (Lipinski definition) is 4. The quantitative estimate of drug-likeness (QED) is 0.482. The maximum absolute atomic E-state index is 13.4. The Balaban J connectivity index is 1.64. The highest BCUT2D eigenvalue weighted by atomic mass is 19.1. The maximum Gasteiger partial charge on any atom is 0.335 e. The van der Waals surface area contributed by atoms with Gasteiger partial charge in [0.1, 0.15) is 23.7 Å². The van der Waals surface area contributed by atoms with Gasteiger partial charge >= 0.3 is 6.03 Å². The van der Waals surface area contributed by atoms with Crippen molar-refractivity contribution in [3.05, 3.63) is 101 Å². The van der Waals surface area contributed by atoms with Crippen molar-refractivity contribution in [1.82, 2.24) is 5.32 Å². The summed E-state index contributed by atoms with van der Waals surface area (Å²) in [5, 5.41) is 2.21. The molecule has 7 heteroatoms. The van der Waals surface area contributed by atoms with Crippen LogP contribution in [-0.4, -0.2) is 17.8 Å². The zero-order valence-corrected chi connectivity index (χ0v) is 17.2. The highest BCUT2D eigenvalue weighted by Gasteiger charge is 2.37. The minimum absolute atomic E-state index is 0.103. The number of anilines is 1. The number of nitrogens with one attached hydrogen (secondary N) is 1. The molecule has 3 aromatic rings. The molecule has 1 saturated heterocycles. The molecule has 4 rings (SSSR count). The van der Waals surface area contributed by atoms with Crippen LogP contribution in [0.3, 0.4) is 0 Å². The Kier molecular flexibility index (Phi) is 5.81. The number of ether oxygens (including phenoxy) is 1. The summed E-state index contributed by atoms with van der Waals surface area (Å²) in [5.41, 5.74) is 2.13. The smallest absolute Gasteiger partial charge is 0.335 e. The van der Waals surface area contributed by atoms with Gasteiger partial charge in [-0.15, -0.1) is 0 Å². The molecule has 1 N–H and O–H groups in total. The number of aryl methyl sites for hydroxylation is 1. The van der Waals surface area contributed by atoms with Gasteiger partial charge in [-0.3, -0.25) is 14.9 Å². The summed E-state index contributed by atoms with van der Waals surface area (Å²) in [6.45, 7) is 1.94. The Hall–Kier alpha value is -4.26. The lowest BCUT2D eigenvalue weighted by molar-refractivity contribution is -0.122. The zero-order chi connectivity index (χ0) is 22.7. The van der Waals surface area contributed by atoms with Crippen LogP contribution in [0.25, 0.3) is 6.08 Å². The van der Waals surface area contributed by atoms with Gasteiger partial charge in [0.2, 0.25) is 0 Å². The summed E-state index contributed by atoms with van der Waals surface area (Å²) in [7, 11) is 0. The number of nitrogens with zero attached hydrogens (tertiary/aromatic N) is 1. The molecular formula is C25H19FN2O4. The second-order valence-corrected chi connectivity index (χ2v) is 7.25. The Labute approximate surface area is 183 Å². The second kappa shape index (κ2) is 8.85. The lowest BCUT2D eigenvalue weighted by atomic mass is 10.1. The molecule has 1 fully saturated rings. The van der Waals surface area contributed by atoms with Crippen LogP contribution in [0.2, 0.25) is 0 Å². The van der Waals surface area contributed by atoms with Gasteiger partial charge in [-0.25, -0.2) is 14.1 Å². The van der Waals surface area contributed by atoms with E-state index < -0.39 is 17.8 Å². The lowest BCUT2D eigenvalue weighted by Gasteiger charge is -2.26. The fraction of sp³-hybridized carbons (Fsp3) is 0.0800. The molecule has 1 aliphatic rings. The average molecular weight is 430 g/mol. The normalized spacial score (nSPS) is 15.1. The minimum Gasteiger partial charge on any atom is -0.488 e. The van der Waals surface area contributed by atoms with Crippen molar-refractivity contribution in [3.8, 4) is 5.75 Å². The predicted octanol–water partition coefficient (Wildman–Crippen LogP) is 4.38. The van der Waals surface area contributed by atoms with Crippen LogP contribution in [-0.2, 0) is 16.2 Å². The number of rotatable bonds is 5. The number of halogens is 1. The molecule has 0 aromatic heterocycles. The number of imide groups is 2. The highest BCUT2D eigenvalue weighted by Crippen LogP contribution is 2.26. The number of carbonyl (C=O) groups is 3. The van der Waals surface area contributed by atoms with E-state index in [-0.39, 0.29) is 18.0 Å². The third-order valence-corrected chi connectivity index (χ3v) is 4.86. The third kappa shape index (κ3) is 4.41. The van der Waals surface area contributed by atoms with E-state index >= 15 is 0 Å². The molecule has 3 aromatic carbocycles. The number of amides is 4. The van der Waals surface area contributed by atoms with E-state index in [1.54, 1.807) is 54.6 Å². The van der Waals surface area contributed by atoms with E-state index in [0.717, 1.165) is 10.5 Å². The van der Waals surface area contributed by atoms with E-state index in [1.165, 1.54) is 18.2 Å². The van der Waals surface area contributed by atoms with Crippen molar-refractivity contribution in [1.29, 1.82) is 0 Å². The van der Waals surface area contributed by atoms with Crippen LogP contribution in [0.5, 0.6) is 5.75 Å². The first-order valence-corrected chi connectivity index (χ1v) is 9.87. The number of para-hydroxylation sites is 1. The second-order valence-electron chi connectivity index (χ2n) is 7.25. The van der Waals surface area contributed by atoms with Crippen LogP contribution in [0.15, 0.2) is 78.4 Å². The molecule has 0 radical (unpaired) electrons. The molecule has 0 spiro atoms. The van der Waals surface area contributed by atoms with Crippen LogP contribution in [0.4, 0.5) is 14.9 Å². The molecule has 1 heterocycles. The summed E-state index contributed by atoms with van der Waals surface area (Å²) in [4.78, 5) is 38.8. The molecule has 0 bridgehead atoms. The van der Waals surface area contributed by atoms with Crippen molar-refractivity contribution in [2.75, 3.05) is 4.90 Å². The molecule has 1 aliphatic heterocycles. The minimum atomic E-state index is -0.807. The first kappa shape index (κ1) is 21.0. The van der Waals surface area contributed by atoms with Crippen LogP contribution in [0.1, 0.15) is 16.7 Å². The van der Waals surface area contributed by atoms with E-state index in [1.807, 2.05) is 13.0 Å². The van der Waals surface area contributed by atoms with E-state index in [4.69, 9.17) is 4.74 Å². The standard InChI is InChI=1S/C25H19FN2O4/c1-16-6-4-10-20(12-16)28-24(30)21(23(29)27-25(28)31)14-18-8-2-3-11-22(18)32-15-17-7-5-9-19(26)13-17/h2-14H,15H2,1H3,(H,27,29,31)/b21-14+. The monoisotopic (exact) mass is 430 g/mol. The third-order valence-electron chi connectivity index (χ3n) is 4.86. The van der Waals surface area contributed by atoms with Gasteiger partial charge < -0.3 is 4.74 Å². The first-order valence-electron chi connectivity index (χ1n) is 9.87. The molecule has 6 nitrogen and oxygen atoms in total. The number of carbonyl (C=O) groups excluding carboxylic acids is 3. The van der Waals surface area contributed by atoms with Crippen molar-refractivity contribution >= 4 is 29.6 Å². The summed E-state index contributed by atoms with van der Waals surface area (Å²) in [6.07, 6.45) is 1.38. The molecule has 0 atom stereocenters. The van der Waals surface area contributed by atoms with Gasteiger partial charge in [0.05, 0.1) is 5.69 Å². The predicted molar refractivity (Wildman–Crippen MR) is 117 cm³/mol. The summed E-state index contributed by atoms with van der Waals surface area (Å²) < 4.78 is 19.2. The molecule has 160 valence electrons. The van der Waals surface area contributed by atoms with Crippen molar-refractivity contribution in [2.45, 2.75) is 13.5 Å². The molecule has 0 saturated carbocycles. The van der Waals surface area contributed by atoms with E-state index in [9.17, 15) is 18.8 Å². The van der Waals surface area contributed by atoms with Gasteiger partial charge in [0, 0.05) is 5.56 Å². The topological polar surface area (TPSA) is 75.7 Å². The van der Waals surface area contributed by atoms with E-state index in [0.29, 0.717) is 22.6 Å². The lowest BCUT2D eigenvalue weighted by Crippen LogP contribution is -2.54. The SMILES string of the molecule is Cc1cccc(N2C(=O)NC(=O)/C(=C\c3ccccc3OCc3cccc(F)c3)C2=O)c1. The molecule has 0 aliphatic carbocycles. The summed E-state index contributed by atoms with van der Waals surface area (Å²) >= 11 is 0. The van der Waals surface area contributed by atoms with Crippen molar-refractivity contribution in [2.24, 2.45) is 0 Å². The Bertz CT molecular complexity index is 1250. The molecule has 4 amide bonds. The van der Waals surface area contributed by atoms with Crippen molar-refractivity contribution < 1.29 is 23.5 Å². The number of urea groups is 1. The van der Waals surface area contributed by atoms with Crippen molar-refractivity contribution in [3.63, 3.8) is 0 Å².